The lowest BCUT2D eigenvalue weighted by Crippen LogP contribution is -2.30. The molecule has 0 aliphatic carbocycles. The van der Waals surface area contributed by atoms with Crippen molar-refractivity contribution < 1.29 is 27.0 Å². The molecule has 8 heteroatoms. The Kier molecular flexibility index (Phi) is 6.81. The monoisotopic (exact) mass is 433 g/mol. The molecule has 0 aliphatic heterocycles. The molecule has 0 saturated carbocycles. The second-order valence-electron chi connectivity index (χ2n) is 6.66. The highest BCUT2D eigenvalue weighted by Gasteiger charge is 2.26. The molecule has 0 amide bonds. The number of aliphatic hydroxyl groups is 1. The molecule has 30 heavy (non-hydrogen) atoms. The number of benzene rings is 3. The number of methoxy groups -OCH3 is 1. The Morgan fingerprint density at radius 2 is 1.53 bits per heavy atom. The third-order valence-electron chi connectivity index (χ3n) is 4.62. The minimum atomic E-state index is -4.00. The zero-order valence-electron chi connectivity index (χ0n) is 16.3. The molecule has 0 atom stereocenters. The summed E-state index contributed by atoms with van der Waals surface area (Å²) in [5.41, 5.74) is 1.30. The fourth-order valence-corrected chi connectivity index (χ4v) is 4.32. The fourth-order valence-electron chi connectivity index (χ4n) is 2.92. The summed E-state index contributed by atoms with van der Waals surface area (Å²) in [6, 6.07) is 15.7. The molecule has 0 aliphatic rings. The van der Waals surface area contributed by atoms with E-state index >= 15 is 0 Å². The van der Waals surface area contributed by atoms with E-state index in [1.807, 2.05) is 0 Å². The second-order valence-corrected chi connectivity index (χ2v) is 8.60. The predicted octanol–water partition coefficient (Wildman–Crippen LogP) is 3.86. The van der Waals surface area contributed by atoms with Gasteiger partial charge in [0.05, 0.1) is 18.6 Å². The maximum atomic E-state index is 14.2. The topological polar surface area (TPSA) is 66.8 Å². The lowest BCUT2D eigenvalue weighted by molar-refractivity contribution is 0.281. The summed E-state index contributed by atoms with van der Waals surface area (Å²) in [5.74, 6) is -0.932. The number of ether oxygens (including phenoxy) is 1. The maximum absolute atomic E-state index is 14.2. The average molecular weight is 433 g/mol. The second kappa shape index (κ2) is 9.34. The lowest BCUT2D eigenvalue weighted by Gasteiger charge is -2.23. The van der Waals surface area contributed by atoms with E-state index in [0.29, 0.717) is 16.9 Å². The third kappa shape index (κ3) is 5.02. The van der Waals surface area contributed by atoms with Gasteiger partial charge in [-0.25, -0.2) is 17.2 Å². The van der Waals surface area contributed by atoms with E-state index in [9.17, 15) is 22.3 Å². The van der Waals surface area contributed by atoms with E-state index in [-0.39, 0.29) is 30.2 Å². The van der Waals surface area contributed by atoms with Crippen LogP contribution in [-0.4, -0.2) is 24.9 Å². The third-order valence-corrected chi connectivity index (χ3v) is 6.43. The first-order valence-corrected chi connectivity index (χ1v) is 10.5. The summed E-state index contributed by atoms with van der Waals surface area (Å²) in [4.78, 5) is 0.00994. The van der Waals surface area contributed by atoms with Gasteiger partial charge in [-0.05, 0) is 41.5 Å². The molecule has 0 aromatic heterocycles. The first-order chi connectivity index (χ1) is 14.3. The van der Waals surface area contributed by atoms with Crippen molar-refractivity contribution in [1.29, 1.82) is 0 Å². The standard InChI is InChI=1S/C22H21F2NO4S/c1-29-20-8-2-16(3-9-20)13-25(14-18-6-7-19(23)12-22(18)24)30(27,28)21-10-4-17(15-26)5-11-21/h2-12,26H,13-15H2,1H3. The van der Waals surface area contributed by atoms with Crippen molar-refractivity contribution in [2.75, 3.05) is 7.11 Å². The average Bonchev–Trinajstić information content (AvgIpc) is 2.75. The van der Waals surface area contributed by atoms with Gasteiger partial charge in [-0.2, -0.15) is 4.31 Å². The zero-order chi connectivity index (χ0) is 21.7. The Hall–Kier alpha value is -2.81. The summed E-state index contributed by atoms with van der Waals surface area (Å²) in [6.07, 6.45) is 0. The van der Waals surface area contributed by atoms with Gasteiger partial charge in [0, 0.05) is 24.7 Å². The van der Waals surface area contributed by atoms with E-state index < -0.39 is 21.7 Å². The molecule has 0 spiro atoms. The van der Waals surface area contributed by atoms with Gasteiger partial charge in [-0.1, -0.05) is 30.3 Å². The van der Waals surface area contributed by atoms with Gasteiger partial charge >= 0.3 is 0 Å². The number of sulfonamides is 1. The summed E-state index contributed by atoms with van der Waals surface area (Å²) < 4.78 is 60.3. The Balaban J connectivity index is 1.97. The first kappa shape index (κ1) is 21.9. The van der Waals surface area contributed by atoms with Crippen molar-refractivity contribution in [2.24, 2.45) is 0 Å². The van der Waals surface area contributed by atoms with Gasteiger partial charge in [-0.3, -0.25) is 0 Å². The van der Waals surface area contributed by atoms with Gasteiger partial charge < -0.3 is 9.84 Å². The van der Waals surface area contributed by atoms with E-state index in [2.05, 4.69) is 0 Å². The van der Waals surface area contributed by atoms with E-state index in [1.54, 1.807) is 24.3 Å². The molecule has 3 rings (SSSR count). The van der Waals surface area contributed by atoms with Gasteiger partial charge in [0.1, 0.15) is 17.4 Å². The number of nitrogens with zero attached hydrogens (tertiary/aromatic N) is 1. The molecule has 0 heterocycles. The minimum absolute atomic E-state index is 0.00994. The lowest BCUT2D eigenvalue weighted by atomic mass is 10.2. The van der Waals surface area contributed by atoms with Gasteiger partial charge in [0.25, 0.3) is 0 Å². The van der Waals surface area contributed by atoms with Gasteiger partial charge in [-0.15, -0.1) is 0 Å². The molecule has 0 saturated heterocycles. The molecule has 0 fully saturated rings. The van der Waals surface area contributed by atoms with Crippen molar-refractivity contribution in [3.63, 3.8) is 0 Å². The number of hydrogen-bond donors (Lipinski definition) is 1. The van der Waals surface area contributed by atoms with Crippen LogP contribution in [0.1, 0.15) is 16.7 Å². The van der Waals surface area contributed by atoms with Crippen LogP contribution in [0.15, 0.2) is 71.6 Å². The van der Waals surface area contributed by atoms with E-state index in [4.69, 9.17) is 4.74 Å². The molecule has 0 radical (unpaired) electrons. The molecule has 158 valence electrons. The van der Waals surface area contributed by atoms with Crippen LogP contribution in [0.4, 0.5) is 8.78 Å². The van der Waals surface area contributed by atoms with Crippen LogP contribution in [0, 0.1) is 11.6 Å². The zero-order valence-corrected chi connectivity index (χ0v) is 17.1. The molecular formula is C22H21F2NO4S. The van der Waals surface area contributed by atoms with Crippen molar-refractivity contribution in [2.45, 2.75) is 24.6 Å². The van der Waals surface area contributed by atoms with Crippen LogP contribution in [0.3, 0.4) is 0 Å². The molecule has 5 nitrogen and oxygen atoms in total. The Morgan fingerprint density at radius 1 is 0.900 bits per heavy atom. The minimum Gasteiger partial charge on any atom is -0.497 e. The number of aliphatic hydroxyl groups excluding tert-OH is 1. The summed E-state index contributed by atoms with van der Waals surface area (Å²) in [5, 5.41) is 9.18. The van der Waals surface area contributed by atoms with Crippen molar-refractivity contribution in [3.8, 4) is 5.75 Å². The molecule has 1 N–H and O–H groups in total. The Bertz CT molecular complexity index is 1100. The Morgan fingerprint density at radius 3 is 2.10 bits per heavy atom. The summed E-state index contributed by atoms with van der Waals surface area (Å²) in [7, 11) is -2.48. The largest absolute Gasteiger partial charge is 0.497 e. The van der Waals surface area contributed by atoms with Crippen molar-refractivity contribution in [1.82, 2.24) is 4.31 Å². The van der Waals surface area contributed by atoms with E-state index in [1.165, 1.54) is 37.4 Å². The normalized spacial score (nSPS) is 11.6. The maximum Gasteiger partial charge on any atom is 0.243 e. The van der Waals surface area contributed by atoms with Gasteiger partial charge in [0.15, 0.2) is 0 Å². The molecule has 0 unspecified atom stereocenters. The predicted molar refractivity (Wildman–Crippen MR) is 108 cm³/mol. The molecule has 0 bridgehead atoms. The summed E-state index contributed by atoms with van der Waals surface area (Å²) in [6.45, 7) is -0.510. The van der Waals surface area contributed by atoms with E-state index in [0.717, 1.165) is 16.4 Å². The Labute approximate surface area is 174 Å². The number of rotatable bonds is 8. The quantitative estimate of drug-likeness (QED) is 0.586. The van der Waals surface area contributed by atoms with Crippen LogP contribution >= 0.6 is 0 Å². The van der Waals surface area contributed by atoms with Crippen LogP contribution in [-0.2, 0) is 29.7 Å². The smallest absolute Gasteiger partial charge is 0.243 e. The van der Waals surface area contributed by atoms with Crippen LogP contribution < -0.4 is 4.74 Å². The number of hydrogen-bond acceptors (Lipinski definition) is 4. The highest BCUT2D eigenvalue weighted by Crippen LogP contribution is 2.24. The highest BCUT2D eigenvalue weighted by atomic mass is 32.2. The van der Waals surface area contributed by atoms with Crippen molar-refractivity contribution in [3.05, 3.63) is 95.1 Å². The van der Waals surface area contributed by atoms with Gasteiger partial charge in [0.2, 0.25) is 10.0 Å². The van der Waals surface area contributed by atoms with Crippen LogP contribution in [0.25, 0.3) is 0 Å². The SMILES string of the molecule is COc1ccc(CN(Cc2ccc(F)cc2F)S(=O)(=O)c2ccc(CO)cc2)cc1. The fraction of sp³-hybridized carbons (Fsp3) is 0.182. The number of halogens is 2. The van der Waals surface area contributed by atoms with Crippen molar-refractivity contribution >= 4 is 10.0 Å². The van der Waals surface area contributed by atoms with Crippen LogP contribution in [0.5, 0.6) is 5.75 Å². The van der Waals surface area contributed by atoms with Crippen LogP contribution in [0.2, 0.25) is 0 Å². The molecule has 3 aromatic rings. The summed E-state index contributed by atoms with van der Waals surface area (Å²) >= 11 is 0. The molecular weight excluding hydrogens is 412 g/mol. The highest BCUT2D eigenvalue weighted by molar-refractivity contribution is 7.89. The first-order valence-electron chi connectivity index (χ1n) is 9.10. The molecule has 3 aromatic carbocycles.